The number of anilines is 2. The van der Waals surface area contributed by atoms with Crippen molar-refractivity contribution < 1.29 is 18.7 Å². The van der Waals surface area contributed by atoms with Crippen LogP contribution in [0.2, 0.25) is 0 Å². The van der Waals surface area contributed by atoms with E-state index in [-0.39, 0.29) is 11.6 Å². The number of benzene rings is 1. The number of ether oxygens (including phenoxy) is 1. The fourth-order valence-corrected chi connectivity index (χ4v) is 2.24. The minimum absolute atomic E-state index is 0.283. The summed E-state index contributed by atoms with van der Waals surface area (Å²) in [6.45, 7) is 0.534. The van der Waals surface area contributed by atoms with Crippen LogP contribution in [0, 0.1) is 0 Å². The number of esters is 1. The zero-order valence-electron chi connectivity index (χ0n) is 14.1. The van der Waals surface area contributed by atoms with E-state index in [1.807, 2.05) is 12.1 Å². The van der Waals surface area contributed by atoms with Crippen molar-refractivity contribution in [2.24, 2.45) is 0 Å². The maximum absolute atomic E-state index is 12.2. The Morgan fingerprint density at radius 1 is 1.08 bits per heavy atom. The monoisotopic (exact) mass is 351 g/mol. The highest BCUT2D eigenvalue weighted by Crippen LogP contribution is 2.13. The summed E-state index contributed by atoms with van der Waals surface area (Å²) >= 11 is 0. The molecule has 1 aromatic carbocycles. The van der Waals surface area contributed by atoms with Gasteiger partial charge in [0, 0.05) is 5.69 Å². The molecule has 0 bridgehead atoms. The molecule has 7 heteroatoms. The maximum Gasteiger partial charge on any atom is 0.337 e. The highest BCUT2D eigenvalue weighted by Gasteiger charge is 2.09. The molecule has 2 aromatic heterocycles. The van der Waals surface area contributed by atoms with Gasteiger partial charge in [0.25, 0.3) is 5.91 Å². The Bertz CT molecular complexity index is 872. The van der Waals surface area contributed by atoms with Gasteiger partial charge in [-0.2, -0.15) is 0 Å². The molecule has 0 aliphatic rings. The number of rotatable bonds is 6. The van der Waals surface area contributed by atoms with Crippen LogP contribution < -0.4 is 10.6 Å². The molecule has 0 atom stereocenters. The minimum atomic E-state index is -0.429. The van der Waals surface area contributed by atoms with Crippen molar-refractivity contribution in [3.8, 4) is 0 Å². The molecule has 0 fully saturated rings. The fourth-order valence-electron chi connectivity index (χ4n) is 2.24. The number of aromatic nitrogens is 1. The van der Waals surface area contributed by atoms with Crippen molar-refractivity contribution in [1.82, 2.24) is 4.98 Å². The molecule has 3 rings (SSSR count). The number of nitrogens with one attached hydrogen (secondary N) is 2. The first-order valence-corrected chi connectivity index (χ1v) is 7.88. The molecule has 0 radical (unpaired) electrons. The summed E-state index contributed by atoms with van der Waals surface area (Å²) in [6.07, 6.45) is 3.19. The van der Waals surface area contributed by atoms with Crippen LogP contribution in [0.15, 0.2) is 65.4 Å². The van der Waals surface area contributed by atoms with Crippen LogP contribution in [0.1, 0.15) is 26.6 Å². The van der Waals surface area contributed by atoms with Crippen LogP contribution in [-0.2, 0) is 11.3 Å². The molecular weight excluding hydrogens is 334 g/mol. The zero-order valence-corrected chi connectivity index (χ0v) is 14.1. The topological polar surface area (TPSA) is 93.5 Å². The second-order valence-corrected chi connectivity index (χ2v) is 5.39. The van der Waals surface area contributed by atoms with Crippen molar-refractivity contribution in [2.45, 2.75) is 6.54 Å². The number of carbonyl (C=O) groups excluding carboxylic acids is 2. The normalized spacial score (nSPS) is 10.2. The summed E-state index contributed by atoms with van der Waals surface area (Å²) in [5, 5.41) is 5.88. The lowest BCUT2D eigenvalue weighted by atomic mass is 10.2. The van der Waals surface area contributed by atoms with Gasteiger partial charge in [-0.15, -0.1) is 0 Å². The van der Waals surface area contributed by atoms with E-state index in [1.54, 1.807) is 48.9 Å². The summed E-state index contributed by atoms with van der Waals surface area (Å²) in [5.41, 5.74) is 2.03. The lowest BCUT2D eigenvalue weighted by molar-refractivity contribution is 0.0600. The molecule has 0 aliphatic carbocycles. The number of hydrogen-bond acceptors (Lipinski definition) is 6. The second-order valence-electron chi connectivity index (χ2n) is 5.39. The Balaban J connectivity index is 1.58. The van der Waals surface area contributed by atoms with Crippen LogP contribution in [0.25, 0.3) is 0 Å². The van der Waals surface area contributed by atoms with Crippen molar-refractivity contribution in [1.29, 1.82) is 0 Å². The lowest BCUT2D eigenvalue weighted by Gasteiger charge is -2.07. The molecular formula is C19H17N3O4. The van der Waals surface area contributed by atoms with Gasteiger partial charge in [-0.3, -0.25) is 4.79 Å². The van der Waals surface area contributed by atoms with Gasteiger partial charge in [0.1, 0.15) is 11.5 Å². The number of pyridine rings is 1. The summed E-state index contributed by atoms with van der Waals surface area (Å²) < 4.78 is 9.87. The van der Waals surface area contributed by atoms with Crippen LogP contribution in [-0.4, -0.2) is 24.0 Å². The van der Waals surface area contributed by atoms with E-state index in [9.17, 15) is 9.59 Å². The van der Waals surface area contributed by atoms with Crippen molar-refractivity contribution in [3.63, 3.8) is 0 Å². The van der Waals surface area contributed by atoms with E-state index in [0.29, 0.717) is 17.8 Å². The van der Waals surface area contributed by atoms with E-state index in [1.165, 1.54) is 7.11 Å². The smallest absolute Gasteiger partial charge is 0.337 e. The van der Waals surface area contributed by atoms with E-state index >= 15 is 0 Å². The number of furan rings is 1. The summed E-state index contributed by atoms with van der Waals surface area (Å²) in [5.74, 6) is 0.0396. The van der Waals surface area contributed by atoms with Gasteiger partial charge in [0.2, 0.25) is 0 Å². The largest absolute Gasteiger partial charge is 0.467 e. The Labute approximate surface area is 150 Å². The Hall–Kier alpha value is -3.61. The van der Waals surface area contributed by atoms with Crippen LogP contribution in [0.5, 0.6) is 0 Å². The molecule has 0 spiro atoms. The van der Waals surface area contributed by atoms with Gasteiger partial charge < -0.3 is 19.8 Å². The Morgan fingerprint density at radius 3 is 2.46 bits per heavy atom. The fraction of sp³-hybridized carbons (Fsp3) is 0.105. The zero-order chi connectivity index (χ0) is 18.4. The SMILES string of the molecule is COC(=O)c1ccc(NC(=O)c2ccc(NCc3ccco3)cn2)cc1. The van der Waals surface area contributed by atoms with Gasteiger partial charge in [-0.1, -0.05) is 0 Å². The third-order valence-electron chi connectivity index (χ3n) is 3.61. The van der Waals surface area contributed by atoms with Crippen molar-refractivity contribution >= 4 is 23.3 Å². The first-order chi connectivity index (χ1) is 12.7. The molecule has 0 saturated carbocycles. The van der Waals surface area contributed by atoms with Crippen LogP contribution >= 0.6 is 0 Å². The average molecular weight is 351 g/mol. The molecule has 1 amide bonds. The van der Waals surface area contributed by atoms with Gasteiger partial charge in [-0.25, -0.2) is 9.78 Å². The number of amides is 1. The molecule has 0 unspecified atom stereocenters. The summed E-state index contributed by atoms with van der Waals surface area (Å²) in [7, 11) is 1.32. The van der Waals surface area contributed by atoms with Gasteiger partial charge in [0.15, 0.2) is 0 Å². The quantitative estimate of drug-likeness (QED) is 0.662. The highest BCUT2D eigenvalue weighted by molar-refractivity contribution is 6.03. The summed E-state index contributed by atoms with van der Waals surface area (Å²) in [4.78, 5) is 27.8. The molecule has 26 heavy (non-hydrogen) atoms. The molecule has 2 N–H and O–H groups in total. The number of hydrogen-bond donors (Lipinski definition) is 2. The Kier molecular flexibility index (Phi) is 5.28. The molecule has 7 nitrogen and oxygen atoms in total. The summed E-state index contributed by atoms with van der Waals surface area (Å²) in [6, 6.07) is 13.5. The third-order valence-corrected chi connectivity index (χ3v) is 3.61. The standard InChI is InChI=1S/C19H17N3O4/c1-25-19(24)13-4-6-14(7-5-13)22-18(23)17-9-8-15(11-21-17)20-12-16-3-2-10-26-16/h2-11,20H,12H2,1H3,(H,22,23). The van der Waals surface area contributed by atoms with E-state index in [4.69, 9.17) is 4.42 Å². The van der Waals surface area contributed by atoms with E-state index < -0.39 is 5.97 Å². The predicted octanol–water partition coefficient (Wildman–Crippen LogP) is 3.33. The second kappa shape index (κ2) is 7.98. The third kappa shape index (κ3) is 4.27. The minimum Gasteiger partial charge on any atom is -0.467 e. The van der Waals surface area contributed by atoms with Gasteiger partial charge in [-0.05, 0) is 48.5 Å². The van der Waals surface area contributed by atoms with Gasteiger partial charge >= 0.3 is 5.97 Å². The van der Waals surface area contributed by atoms with Gasteiger partial charge in [0.05, 0.1) is 37.4 Å². The molecule has 3 aromatic rings. The van der Waals surface area contributed by atoms with Crippen molar-refractivity contribution in [3.05, 3.63) is 78.0 Å². The molecule has 132 valence electrons. The van der Waals surface area contributed by atoms with E-state index in [2.05, 4.69) is 20.4 Å². The molecule has 0 saturated heterocycles. The predicted molar refractivity (Wildman–Crippen MR) is 96.0 cm³/mol. The van der Waals surface area contributed by atoms with E-state index in [0.717, 1.165) is 11.4 Å². The number of methoxy groups -OCH3 is 1. The number of carbonyl (C=O) groups is 2. The lowest BCUT2D eigenvalue weighted by Crippen LogP contribution is -2.14. The highest BCUT2D eigenvalue weighted by atomic mass is 16.5. The first-order valence-electron chi connectivity index (χ1n) is 7.88. The maximum atomic E-state index is 12.2. The van der Waals surface area contributed by atoms with Crippen LogP contribution in [0.3, 0.4) is 0 Å². The Morgan fingerprint density at radius 2 is 1.85 bits per heavy atom. The molecule has 2 heterocycles. The molecule has 0 aliphatic heterocycles. The average Bonchev–Trinajstić information content (AvgIpc) is 3.20. The first kappa shape index (κ1) is 17.2. The number of nitrogens with zero attached hydrogens (tertiary/aromatic N) is 1. The van der Waals surface area contributed by atoms with Crippen LogP contribution in [0.4, 0.5) is 11.4 Å². The van der Waals surface area contributed by atoms with Crippen molar-refractivity contribution in [2.75, 3.05) is 17.7 Å².